The van der Waals surface area contributed by atoms with Crippen molar-refractivity contribution in [1.82, 2.24) is 9.29 Å². The van der Waals surface area contributed by atoms with Crippen molar-refractivity contribution in [1.29, 1.82) is 0 Å². The van der Waals surface area contributed by atoms with Crippen LogP contribution in [0.2, 0.25) is 0 Å². The zero-order valence-corrected chi connectivity index (χ0v) is 15.9. The van der Waals surface area contributed by atoms with Crippen LogP contribution in [0.1, 0.15) is 25.3 Å². The van der Waals surface area contributed by atoms with Crippen molar-refractivity contribution >= 4 is 21.1 Å². The topological polar surface area (TPSA) is 90.5 Å². The van der Waals surface area contributed by atoms with Gasteiger partial charge in [-0.25, -0.2) is 17.9 Å². The van der Waals surface area contributed by atoms with Gasteiger partial charge in [0, 0.05) is 12.6 Å². The van der Waals surface area contributed by atoms with Gasteiger partial charge in [-0.3, -0.25) is 4.57 Å². The van der Waals surface area contributed by atoms with E-state index in [1.165, 1.54) is 16.7 Å². The minimum absolute atomic E-state index is 0.0757. The SMILES string of the molecule is CCn1c(=O)oc2cc(S(=O)(=O)NC3(c4ccc(OC)cc4)CC3)ccc21. The number of hydrogen-bond donors (Lipinski definition) is 1. The van der Waals surface area contributed by atoms with Crippen molar-refractivity contribution in [3.63, 3.8) is 0 Å². The van der Waals surface area contributed by atoms with Gasteiger partial charge in [0.25, 0.3) is 0 Å². The molecule has 1 aromatic heterocycles. The van der Waals surface area contributed by atoms with Crippen LogP contribution >= 0.6 is 0 Å². The highest BCUT2D eigenvalue weighted by molar-refractivity contribution is 7.89. The van der Waals surface area contributed by atoms with E-state index in [9.17, 15) is 13.2 Å². The molecule has 0 bridgehead atoms. The molecule has 27 heavy (non-hydrogen) atoms. The number of nitrogens with one attached hydrogen (secondary N) is 1. The Morgan fingerprint density at radius 3 is 2.48 bits per heavy atom. The van der Waals surface area contributed by atoms with E-state index in [0.29, 0.717) is 12.1 Å². The van der Waals surface area contributed by atoms with Crippen LogP contribution in [-0.4, -0.2) is 20.1 Å². The Morgan fingerprint density at radius 2 is 1.89 bits per heavy atom. The maximum atomic E-state index is 12.9. The molecule has 142 valence electrons. The number of hydrogen-bond acceptors (Lipinski definition) is 5. The van der Waals surface area contributed by atoms with Gasteiger partial charge >= 0.3 is 5.76 Å². The molecule has 0 aliphatic heterocycles. The molecule has 1 N–H and O–H groups in total. The molecule has 1 saturated carbocycles. The van der Waals surface area contributed by atoms with Gasteiger partial charge < -0.3 is 9.15 Å². The first-order valence-electron chi connectivity index (χ1n) is 8.70. The Hall–Kier alpha value is -2.58. The van der Waals surface area contributed by atoms with E-state index in [-0.39, 0.29) is 10.5 Å². The summed E-state index contributed by atoms with van der Waals surface area (Å²) in [5, 5.41) is 0. The van der Waals surface area contributed by atoms with Crippen LogP contribution in [0, 0.1) is 0 Å². The van der Waals surface area contributed by atoms with Gasteiger partial charge in [-0.05, 0) is 49.6 Å². The van der Waals surface area contributed by atoms with Crippen LogP contribution in [-0.2, 0) is 22.1 Å². The van der Waals surface area contributed by atoms with Crippen molar-refractivity contribution in [2.24, 2.45) is 0 Å². The molecule has 0 radical (unpaired) electrons. The molecule has 3 aromatic rings. The first-order chi connectivity index (χ1) is 12.9. The molecule has 0 unspecified atom stereocenters. The third-order valence-corrected chi connectivity index (χ3v) is 6.52. The van der Waals surface area contributed by atoms with E-state index in [2.05, 4.69) is 4.72 Å². The van der Waals surface area contributed by atoms with Crippen LogP contribution in [0.25, 0.3) is 11.1 Å². The summed E-state index contributed by atoms with van der Waals surface area (Å²) in [4.78, 5) is 11.9. The number of nitrogens with zero attached hydrogens (tertiary/aromatic N) is 1. The summed E-state index contributed by atoms with van der Waals surface area (Å²) in [6, 6.07) is 11.9. The zero-order valence-electron chi connectivity index (χ0n) is 15.1. The van der Waals surface area contributed by atoms with Gasteiger partial charge in [0.1, 0.15) is 5.75 Å². The number of oxazole rings is 1. The number of aryl methyl sites for hydroxylation is 1. The summed E-state index contributed by atoms with van der Waals surface area (Å²) in [6.07, 6.45) is 1.45. The summed E-state index contributed by atoms with van der Waals surface area (Å²) in [5.74, 6) is 0.227. The normalized spacial score (nSPS) is 15.8. The highest BCUT2D eigenvalue weighted by Crippen LogP contribution is 2.47. The summed E-state index contributed by atoms with van der Waals surface area (Å²) >= 11 is 0. The summed E-state index contributed by atoms with van der Waals surface area (Å²) in [7, 11) is -2.19. The second-order valence-corrected chi connectivity index (χ2v) is 8.34. The lowest BCUT2D eigenvalue weighted by Crippen LogP contribution is -2.34. The smallest absolute Gasteiger partial charge is 0.419 e. The Balaban J connectivity index is 1.67. The van der Waals surface area contributed by atoms with E-state index in [1.807, 2.05) is 31.2 Å². The summed E-state index contributed by atoms with van der Waals surface area (Å²) < 4.78 is 40.5. The van der Waals surface area contributed by atoms with Gasteiger partial charge in [0.2, 0.25) is 10.0 Å². The van der Waals surface area contributed by atoms with Crippen molar-refractivity contribution in [3.05, 3.63) is 58.6 Å². The van der Waals surface area contributed by atoms with E-state index in [0.717, 1.165) is 24.2 Å². The number of sulfonamides is 1. The van der Waals surface area contributed by atoms with Crippen molar-refractivity contribution < 1.29 is 17.6 Å². The van der Waals surface area contributed by atoms with Crippen LogP contribution in [0.5, 0.6) is 5.75 Å². The van der Waals surface area contributed by atoms with Crippen molar-refractivity contribution in [2.75, 3.05) is 7.11 Å². The lowest BCUT2D eigenvalue weighted by molar-refractivity contribution is 0.414. The fourth-order valence-corrected chi connectivity index (χ4v) is 4.78. The number of fused-ring (bicyclic) bond motifs is 1. The monoisotopic (exact) mass is 388 g/mol. The van der Waals surface area contributed by atoms with Gasteiger partial charge in [-0.15, -0.1) is 0 Å². The van der Waals surface area contributed by atoms with Gasteiger partial charge in [-0.1, -0.05) is 12.1 Å². The third-order valence-electron chi connectivity index (χ3n) is 4.99. The molecule has 1 fully saturated rings. The Labute approximate surface area is 156 Å². The van der Waals surface area contributed by atoms with Crippen molar-refractivity contribution in [3.8, 4) is 5.75 Å². The summed E-state index contributed by atoms with van der Waals surface area (Å²) in [5.41, 5.74) is 1.14. The minimum Gasteiger partial charge on any atom is -0.497 e. The van der Waals surface area contributed by atoms with Crippen LogP contribution in [0.4, 0.5) is 0 Å². The molecular formula is C19H20N2O5S. The second kappa shape index (κ2) is 6.24. The number of methoxy groups -OCH3 is 1. The van der Waals surface area contributed by atoms with E-state index in [4.69, 9.17) is 9.15 Å². The molecule has 1 aliphatic carbocycles. The molecule has 1 heterocycles. The predicted octanol–water partition coefficient (Wildman–Crippen LogP) is 2.59. The molecule has 0 spiro atoms. The molecule has 7 nitrogen and oxygen atoms in total. The number of ether oxygens (including phenoxy) is 1. The Morgan fingerprint density at radius 1 is 1.19 bits per heavy atom. The lowest BCUT2D eigenvalue weighted by Gasteiger charge is -2.18. The van der Waals surface area contributed by atoms with Crippen molar-refractivity contribution in [2.45, 2.75) is 36.7 Å². The quantitative estimate of drug-likeness (QED) is 0.701. The van der Waals surface area contributed by atoms with Crippen LogP contribution in [0.15, 0.2) is 56.6 Å². The molecule has 1 aliphatic rings. The van der Waals surface area contributed by atoms with E-state index >= 15 is 0 Å². The molecule has 0 amide bonds. The molecular weight excluding hydrogens is 368 g/mol. The van der Waals surface area contributed by atoms with E-state index < -0.39 is 21.3 Å². The van der Waals surface area contributed by atoms with Crippen LogP contribution < -0.4 is 15.2 Å². The van der Waals surface area contributed by atoms with E-state index in [1.54, 1.807) is 13.2 Å². The summed E-state index contributed by atoms with van der Waals surface area (Å²) in [6.45, 7) is 2.28. The molecule has 2 aromatic carbocycles. The predicted molar refractivity (Wildman–Crippen MR) is 100 cm³/mol. The van der Waals surface area contributed by atoms with Crippen LogP contribution in [0.3, 0.4) is 0 Å². The average molecular weight is 388 g/mol. The number of rotatable bonds is 6. The fraction of sp³-hybridized carbons (Fsp3) is 0.316. The van der Waals surface area contributed by atoms with Gasteiger partial charge in [0.15, 0.2) is 5.58 Å². The average Bonchev–Trinajstić information content (AvgIpc) is 3.35. The Kier molecular flexibility index (Phi) is 4.12. The third kappa shape index (κ3) is 3.04. The van der Waals surface area contributed by atoms with Gasteiger partial charge in [-0.2, -0.15) is 0 Å². The fourth-order valence-electron chi connectivity index (χ4n) is 3.31. The molecule has 0 saturated heterocycles. The standard InChI is InChI=1S/C19H20N2O5S/c1-3-21-16-9-8-15(12-17(16)26-18(21)22)27(23,24)20-19(10-11-19)13-4-6-14(25-2)7-5-13/h4-9,12,20H,3,10-11H2,1-2H3. The highest BCUT2D eigenvalue weighted by atomic mass is 32.2. The first kappa shape index (κ1) is 17.8. The maximum absolute atomic E-state index is 12.9. The molecule has 8 heteroatoms. The largest absolute Gasteiger partial charge is 0.497 e. The number of benzene rings is 2. The lowest BCUT2D eigenvalue weighted by atomic mass is 10.1. The maximum Gasteiger partial charge on any atom is 0.419 e. The Bertz CT molecular complexity index is 1160. The number of aromatic nitrogens is 1. The first-order valence-corrected chi connectivity index (χ1v) is 10.2. The second-order valence-electron chi connectivity index (χ2n) is 6.66. The highest BCUT2D eigenvalue weighted by Gasteiger charge is 2.47. The zero-order chi connectivity index (χ0) is 19.2. The molecule has 0 atom stereocenters. The minimum atomic E-state index is -3.77. The van der Waals surface area contributed by atoms with Gasteiger partial charge in [0.05, 0.1) is 23.1 Å². The molecule has 4 rings (SSSR count).